The first-order chi connectivity index (χ1) is 14.4. The van der Waals surface area contributed by atoms with Crippen LogP contribution < -0.4 is 5.73 Å². The van der Waals surface area contributed by atoms with Gasteiger partial charge in [0.2, 0.25) is 5.60 Å². The third kappa shape index (κ3) is 3.27. The second-order valence-electron chi connectivity index (χ2n) is 7.74. The van der Waals surface area contributed by atoms with Crippen LogP contribution in [0.1, 0.15) is 31.4 Å². The molecule has 1 saturated carbocycles. The number of aliphatic hydroxyl groups is 3. The molecule has 0 amide bonds. The standard InChI is InChI=1S/C19H23N5O6/c20-8-19(14-6-5-12-17(21)22-9-23-24(12)14)16(27)15(26)13(30-19)7-29-18(28)10-1-3-11(25)4-2-10/h5-6,9-11,13,15-16,25-27H,1-4,7H2,(H2,21,22,23)/t10?,11?,13-,15-,16-,19+/m1/s1. The minimum atomic E-state index is -1.93. The molecule has 4 atom stereocenters. The molecule has 1 saturated heterocycles. The van der Waals surface area contributed by atoms with Crippen molar-refractivity contribution in [2.24, 2.45) is 5.92 Å². The number of ether oxygens (including phenoxy) is 2. The molecule has 0 aromatic carbocycles. The van der Waals surface area contributed by atoms with Crippen LogP contribution in [0.5, 0.6) is 0 Å². The third-order valence-electron chi connectivity index (χ3n) is 5.91. The molecular formula is C19H23N5O6. The molecule has 1 aliphatic heterocycles. The molecule has 2 fully saturated rings. The van der Waals surface area contributed by atoms with Gasteiger partial charge in [0.1, 0.15) is 42.8 Å². The fraction of sp³-hybridized carbons (Fsp3) is 0.579. The van der Waals surface area contributed by atoms with Gasteiger partial charge in [0, 0.05) is 0 Å². The van der Waals surface area contributed by atoms with Crippen molar-refractivity contribution in [3.8, 4) is 6.07 Å². The topological polar surface area (TPSA) is 176 Å². The van der Waals surface area contributed by atoms with Gasteiger partial charge in [-0.25, -0.2) is 9.50 Å². The summed E-state index contributed by atoms with van der Waals surface area (Å²) in [5.74, 6) is -0.595. The van der Waals surface area contributed by atoms with E-state index in [0.717, 1.165) is 0 Å². The highest BCUT2D eigenvalue weighted by molar-refractivity contribution is 5.72. The van der Waals surface area contributed by atoms with E-state index in [-0.39, 0.29) is 24.0 Å². The predicted octanol–water partition coefficient (Wildman–Crippen LogP) is -0.755. The van der Waals surface area contributed by atoms with Gasteiger partial charge in [-0.1, -0.05) is 0 Å². The molecule has 2 aromatic heterocycles. The van der Waals surface area contributed by atoms with E-state index in [1.807, 2.05) is 6.07 Å². The second kappa shape index (κ2) is 7.81. The lowest BCUT2D eigenvalue weighted by Gasteiger charge is -2.25. The van der Waals surface area contributed by atoms with Gasteiger partial charge in [-0.05, 0) is 37.8 Å². The van der Waals surface area contributed by atoms with Gasteiger partial charge in [0.05, 0.1) is 17.7 Å². The number of carbonyl (C=O) groups excluding carboxylic acids is 1. The van der Waals surface area contributed by atoms with Crippen molar-refractivity contribution in [1.29, 1.82) is 5.26 Å². The largest absolute Gasteiger partial charge is 0.463 e. The summed E-state index contributed by atoms with van der Waals surface area (Å²) in [5, 5.41) is 44.6. The maximum atomic E-state index is 12.3. The summed E-state index contributed by atoms with van der Waals surface area (Å²) >= 11 is 0. The Morgan fingerprint density at radius 2 is 2.07 bits per heavy atom. The lowest BCUT2D eigenvalue weighted by atomic mass is 9.87. The molecule has 2 aliphatic rings. The summed E-state index contributed by atoms with van der Waals surface area (Å²) in [4.78, 5) is 16.2. The van der Waals surface area contributed by atoms with Crippen LogP contribution in [-0.2, 0) is 19.9 Å². The fourth-order valence-corrected chi connectivity index (χ4v) is 4.14. The number of rotatable bonds is 4. The molecule has 2 aromatic rings. The van der Waals surface area contributed by atoms with Crippen LogP contribution in [-0.4, -0.2) is 66.9 Å². The second-order valence-corrected chi connectivity index (χ2v) is 7.74. The summed E-state index contributed by atoms with van der Waals surface area (Å²) in [5.41, 5.74) is 4.48. The summed E-state index contributed by atoms with van der Waals surface area (Å²) in [6.45, 7) is -0.319. The van der Waals surface area contributed by atoms with E-state index in [1.54, 1.807) is 6.07 Å². The van der Waals surface area contributed by atoms with E-state index in [4.69, 9.17) is 15.2 Å². The number of fused-ring (bicyclic) bond motifs is 1. The smallest absolute Gasteiger partial charge is 0.309 e. The number of nitriles is 1. The highest BCUT2D eigenvalue weighted by Crippen LogP contribution is 2.40. The Kier molecular flexibility index (Phi) is 5.33. The van der Waals surface area contributed by atoms with Crippen LogP contribution in [0.25, 0.3) is 5.52 Å². The Labute approximate surface area is 171 Å². The number of aromatic nitrogens is 3. The number of carbonyl (C=O) groups is 1. The molecular weight excluding hydrogens is 394 g/mol. The molecule has 160 valence electrons. The summed E-state index contributed by atoms with van der Waals surface area (Å²) in [6, 6.07) is 5.03. The maximum absolute atomic E-state index is 12.3. The van der Waals surface area contributed by atoms with Crippen molar-refractivity contribution in [2.75, 3.05) is 12.3 Å². The van der Waals surface area contributed by atoms with Crippen molar-refractivity contribution in [2.45, 2.75) is 55.7 Å². The SMILES string of the molecule is N#C[C@@]1(c2ccc3c(N)ncnn23)O[C@H](COC(=O)C2CCC(O)CC2)[C@@H](O)[C@H]1O. The van der Waals surface area contributed by atoms with Crippen LogP contribution in [0.15, 0.2) is 18.5 Å². The normalized spacial score (nSPS) is 34.0. The monoisotopic (exact) mass is 417 g/mol. The van der Waals surface area contributed by atoms with Crippen LogP contribution in [0, 0.1) is 17.2 Å². The molecule has 4 rings (SSSR count). The van der Waals surface area contributed by atoms with Crippen LogP contribution >= 0.6 is 0 Å². The van der Waals surface area contributed by atoms with Crippen LogP contribution in [0.2, 0.25) is 0 Å². The van der Waals surface area contributed by atoms with Crippen LogP contribution in [0.4, 0.5) is 5.82 Å². The zero-order valence-electron chi connectivity index (χ0n) is 16.1. The number of hydrogen-bond acceptors (Lipinski definition) is 10. The molecule has 0 unspecified atom stereocenters. The van der Waals surface area contributed by atoms with Crippen molar-refractivity contribution in [1.82, 2.24) is 14.6 Å². The summed E-state index contributed by atoms with van der Waals surface area (Å²) in [6.07, 6.45) is -1.25. The molecule has 30 heavy (non-hydrogen) atoms. The first kappa shape index (κ1) is 20.5. The minimum absolute atomic E-state index is 0.177. The van der Waals surface area contributed by atoms with Gasteiger partial charge in [-0.15, -0.1) is 0 Å². The van der Waals surface area contributed by atoms with E-state index in [0.29, 0.717) is 31.2 Å². The zero-order chi connectivity index (χ0) is 21.5. The molecule has 1 aliphatic carbocycles. The summed E-state index contributed by atoms with van der Waals surface area (Å²) in [7, 11) is 0. The number of hydrogen-bond donors (Lipinski definition) is 4. The number of nitrogen functional groups attached to an aromatic ring is 1. The van der Waals surface area contributed by atoms with E-state index in [1.165, 1.54) is 16.9 Å². The first-order valence-corrected chi connectivity index (χ1v) is 9.76. The number of nitrogens with zero attached hydrogens (tertiary/aromatic N) is 4. The predicted molar refractivity (Wildman–Crippen MR) is 101 cm³/mol. The minimum Gasteiger partial charge on any atom is -0.463 e. The number of aliphatic hydroxyl groups excluding tert-OH is 3. The Hall–Kier alpha value is -2.78. The number of anilines is 1. The maximum Gasteiger partial charge on any atom is 0.309 e. The highest BCUT2D eigenvalue weighted by atomic mass is 16.6. The van der Waals surface area contributed by atoms with E-state index < -0.39 is 36.0 Å². The molecule has 11 nitrogen and oxygen atoms in total. The molecule has 0 radical (unpaired) electrons. The number of nitrogens with two attached hydrogens (primary N) is 1. The molecule has 5 N–H and O–H groups in total. The Morgan fingerprint density at radius 1 is 1.33 bits per heavy atom. The fourth-order valence-electron chi connectivity index (χ4n) is 4.14. The van der Waals surface area contributed by atoms with E-state index in [2.05, 4.69) is 10.1 Å². The van der Waals surface area contributed by atoms with Crippen molar-refractivity contribution in [3.63, 3.8) is 0 Å². The van der Waals surface area contributed by atoms with Crippen molar-refractivity contribution in [3.05, 3.63) is 24.2 Å². The molecule has 0 spiro atoms. The van der Waals surface area contributed by atoms with Gasteiger partial charge < -0.3 is 30.5 Å². The molecule has 3 heterocycles. The quantitative estimate of drug-likeness (QED) is 0.463. The van der Waals surface area contributed by atoms with Gasteiger partial charge in [-0.3, -0.25) is 4.79 Å². The van der Waals surface area contributed by atoms with Gasteiger partial charge >= 0.3 is 5.97 Å². The van der Waals surface area contributed by atoms with Gasteiger partial charge in [0.15, 0.2) is 5.82 Å². The van der Waals surface area contributed by atoms with Crippen molar-refractivity contribution < 1.29 is 29.6 Å². The first-order valence-electron chi connectivity index (χ1n) is 9.76. The molecule has 0 bridgehead atoms. The van der Waals surface area contributed by atoms with E-state index in [9.17, 15) is 25.4 Å². The third-order valence-corrected chi connectivity index (χ3v) is 5.91. The van der Waals surface area contributed by atoms with Crippen molar-refractivity contribution >= 4 is 17.3 Å². The van der Waals surface area contributed by atoms with Crippen LogP contribution in [0.3, 0.4) is 0 Å². The van der Waals surface area contributed by atoms with Gasteiger partial charge in [0.25, 0.3) is 0 Å². The average molecular weight is 417 g/mol. The van der Waals surface area contributed by atoms with E-state index >= 15 is 0 Å². The van der Waals surface area contributed by atoms with Gasteiger partial charge in [-0.2, -0.15) is 10.4 Å². The molecule has 11 heteroatoms. The number of esters is 1. The highest BCUT2D eigenvalue weighted by Gasteiger charge is 2.57. The lowest BCUT2D eigenvalue weighted by Crippen LogP contribution is -2.41. The lowest BCUT2D eigenvalue weighted by molar-refractivity contribution is -0.157. The Balaban J connectivity index is 1.52. The zero-order valence-corrected chi connectivity index (χ0v) is 16.1. The Morgan fingerprint density at radius 3 is 2.77 bits per heavy atom. The summed E-state index contributed by atoms with van der Waals surface area (Å²) < 4.78 is 12.4. The average Bonchev–Trinajstić information content (AvgIpc) is 3.29. The Bertz CT molecular complexity index is 981.